The molecule has 1 amide bonds. The number of hydrogen-bond donors (Lipinski definition) is 0. The first-order valence-electron chi connectivity index (χ1n) is 6.44. The lowest BCUT2D eigenvalue weighted by atomic mass is 10.2. The lowest BCUT2D eigenvalue weighted by Crippen LogP contribution is -2.45. The van der Waals surface area contributed by atoms with Crippen molar-refractivity contribution in [3.63, 3.8) is 0 Å². The van der Waals surface area contributed by atoms with E-state index >= 15 is 0 Å². The van der Waals surface area contributed by atoms with Crippen molar-refractivity contribution in [2.75, 3.05) is 20.6 Å². The molecule has 0 saturated carbocycles. The second-order valence-electron chi connectivity index (χ2n) is 5.06. The van der Waals surface area contributed by atoms with Crippen LogP contribution in [-0.2, 0) is 14.8 Å². The van der Waals surface area contributed by atoms with Crippen LogP contribution in [0.3, 0.4) is 0 Å². The van der Waals surface area contributed by atoms with Gasteiger partial charge >= 0.3 is 0 Å². The SMILES string of the molecule is CN(C)C(=O)[C@@H]1CCCN1S(=O)(=O)c1c(Cl)cccc1Cl. The molecule has 1 saturated heterocycles. The summed E-state index contributed by atoms with van der Waals surface area (Å²) in [4.78, 5) is 13.4. The van der Waals surface area contributed by atoms with E-state index < -0.39 is 16.1 Å². The first kappa shape index (κ1) is 16.5. The van der Waals surface area contributed by atoms with Crippen molar-refractivity contribution in [2.24, 2.45) is 0 Å². The van der Waals surface area contributed by atoms with Gasteiger partial charge in [-0.15, -0.1) is 0 Å². The normalized spacial score (nSPS) is 19.7. The smallest absolute Gasteiger partial charge is 0.246 e. The van der Waals surface area contributed by atoms with Gasteiger partial charge in [-0.1, -0.05) is 29.3 Å². The zero-order valence-corrected chi connectivity index (χ0v) is 14.0. The lowest BCUT2D eigenvalue weighted by Gasteiger charge is -2.26. The van der Waals surface area contributed by atoms with Crippen LogP contribution in [0.1, 0.15) is 12.8 Å². The molecule has 0 unspecified atom stereocenters. The minimum absolute atomic E-state index is 0.0606. The minimum Gasteiger partial charge on any atom is -0.347 e. The number of rotatable bonds is 3. The van der Waals surface area contributed by atoms with E-state index in [1.807, 2.05) is 0 Å². The highest BCUT2D eigenvalue weighted by molar-refractivity contribution is 7.89. The van der Waals surface area contributed by atoms with Gasteiger partial charge in [0.15, 0.2) is 0 Å². The van der Waals surface area contributed by atoms with Crippen LogP contribution < -0.4 is 0 Å². The van der Waals surface area contributed by atoms with E-state index in [-0.39, 0.29) is 27.4 Å². The van der Waals surface area contributed by atoms with Gasteiger partial charge in [-0.2, -0.15) is 4.31 Å². The van der Waals surface area contributed by atoms with Crippen LogP contribution in [0.2, 0.25) is 10.0 Å². The van der Waals surface area contributed by atoms with Crippen molar-refractivity contribution in [1.82, 2.24) is 9.21 Å². The summed E-state index contributed by atoms with van der Waals surface area (Å²) in [6.07, 6.45) is 1.13. The number of sulfonamides is 1. The summed E-state index contributed by atoms with van der Waals surface area (Å²) in [6, 6.07) is 3.83. The lowest BCUT2D eigenvalue weighted by molar-refractivity contribution is -0.132. The Morgan fingerprint density at radius 1 is 1.29 bits per heavy atom. The van der Waals surface area contributed by atoms with Gasteiger partial charge in [-0.25, -0.2) is 8.42 Å². The van der Waals surface area contributed by atoms with Gasteiger partial charge in [0.2, 0.25) is 15.9 Å². The van der Waals surface area contributed by atoms with Crippen LogP contribution in [-0.4, -0.2) is 50.2 Å². The molecule has 0 aliphatic carbocycles. The molecule has 1 aromatic rings. The third kappa shape index (κ3) is 3.04. The first-order chi connectivity index (χ1) is 9.76. The Labute approximate surface area is 134 Å². The summed E-state index contributed by atoms with van der Waals surface area (Å²) < 4.78 is 26.8. The van der Waals surface area contributed by atoms with E-state index in [4.69, 9.17) is 23.2 Å². The molecule has 1 aliphatic heterocycles. The average molecular weight is 351 g/mol. The van der Waals surface area contributed by atoms with Crippen LogP contribution in [0, 0.1) is 0 Å². The van der Waals surface area contributed by atoms with Gasteiger partial charge < -0.3 is 4.90 Å². The van der Waals surface area contributed by atoms with E-state index in [0.717, 1.165) is 0 Å². The third-order valence-corrected chi connectivity index (χ3v) is 6.28. The summed E-state index contributed by atoms with van der Waals surface area (Å²) in [7, 11) is -0.696. The zero-order chi connectivity index (χ0) is 15.8. The van der Waals surface area contributed by atoms with Gasteiger partial charge in [0.25, 0.3) is 0 Å². The minimum atomic E-state index is -3.91. The predicted molar refractivity (Wildman–Crippen MR) is 82.1 cm³/mol. The fraction of sp³-hybridized carbons (Fsp3) is 0.462. The second kappa shape index (κ2) is 6.12. The van der Waals surface area contributed by atoms with Crippen LogP contribution in [0.5, 0.6) is 0 Å². The molecule has 0 radical (unpaired) electrons. The molecule has 2 rings (SSSR count). The van der Waals surface area contributed by atoms with Gasteiger partial charge in [0.1, 0.15) is 10.9 Å². The maximum Gasteiger partial charge on any atom is 0.246 e. The van der Waals surface area contributed by atoms with Crippen molar-refractivity contribution in [3.8, 4) is 0 Å². The Hall–Kier alpha value is -0.820. The highest BCUT2D eigenvalue weighted by Crippen LogP contribution is 2.35. The number of carbonyl (C=O) groups excluding carboxylic acids is 1. The molecule has 1 atom stereocenters. The fourth-order valence-electron chi connectivity index (χ4n) is 2.42. The highest BCUT2D eigenvalue weighted by Gasteiger charge is 2.41. The number of hydrogen-bond acceptors (Lipinski definition) is 3. The molecule has 116 valence electrons. The first-order valence-corrected chi connectivity index (χ1v) is 8.63. The standard InChI is InChI=1S/C13H16Cl2N2O3S/c1-16(2)13(18)11-7-4-8-17(11)21(19,20)12-9(14)5-3-6-10(12)15/h3,5-6,11H,4,7-8H2,1-2H3/t11-/m0/s1. The maximum atomic E-state index is 12.8. The van der Waals surface area contributed by atoms with E-state index in [2.05, 4.69) is 0 Å². The van der Waals surface area contributed by atoms with Crippen molar-refractivity contribution < 1.29 is 13.2 Å². The van der Waals surface area contributed by atoms with E-state index in [9.17, 15) is 13.2 Å². The van der Waals surface area contributed by atoms with Crippen LogP contribution in [0.15, 0.2) is 23.1 Å². The Bertz CT molecular complexity index is 641. The molecule has 0 aromatic heterocycles. The highest BCUT2D eigenvalue weighted by atomic mass is 35.5. The summed E-state index contributed by atoms with van der Waals surface area (Å²) in [5.41, 5.74) is 0. The predicted octanol–water partition coefficient (Wildman–Crippen LogP) is 2.23. The Morgan fingerprint density at radius 2 is 1.86 bits per heavy atom. The molecule has 1 aromatic carbocycles. The van der Waals surface area contributed by atoms with Crippen molar-refractivity contribution in [3.05, 3.63) is 28.2 Å². The Morgan fingerprint density at radius 3 is 2.38 bits per heavy atom. The molecular weight excluding hydrogens is 335 g/mol. The summed E-state index contributed by atoms with van der Waals surface area (Å²) in [5, 5.41) is 0.121. The molecule has 0 spiro atoms. The quantitative estimate of drug-likeness (QED) is 0.839. The maximum absolute atomic E-state index is 12.8. The molecule has 21 heavy (non-hydrogen) atoms. The molecule has 1 fully saturated rings. The summed E-state index contributed by atoms with van der Waals surface area (Å²) in [5.74, 6) is -0.237. The fourth-order valence-corrected chi connectivity index (χ4v) is 5.16. The monoisotopic (exact) mass is 350 g/mol. The molecule has 5 nitrogen and oxygen atoms in total. The van der Waals surface area contributed by atoms with E-state index in [0.29, 0.717) is 12.8 Å². The number of carbonyl (C=O) groups is 1. The molecule has 1 heterocycles. The second-order valence-corrected chi connectivity index (χ2v) is 7.70. The van der Waals surface area contributed by atoms with Gasteiger partial charge in [-0.3, -0.25) is 4.79 Å². The summed E-state index contributed by atoms with van der Waals surface area (Å²) >= 11 is 12.0. The number of likely N-dealkylation sites (N-methyl/N-ethyl adjacent to an activating group) is 1. The Kier molecular flexibility index (Phi) is 4.82. The molecule has 8 heteroatoms. The van der Waals surface area contributed by atoms with Crippen LogP contribution in [0.25, 0.3) is 0 Å². The van der Waals surface area contributed by atoms with Crippen LogP contribution >= 0.6 is 23.2 Å². The average Bonchev–Trinajstić information content (AvgIpc) is 2.86. The van der Waals surface area contributed by atoms with Gasteiger partial charge in [-0.05, 0) is 25.0 Å². The topological polar surface area (TPSA) is 57.7 Å². The molecule has 0 N–H and O–H groups in total. The van der Waals surface area contributed by atoms with E-state index in [1.54, 1.807) is 20.2 Å². The number of halogens is 2. The number of benzene rings is 1. The molecule has 1 aliphatic rings. The van der Waals surface area contributed by atoms with Crippen molar-refractivity contribution in [1.29, 1.82) is 0 Å². The number of amides is 1. The number of nitrogens with zero attached hydrogens (tertiary/aromatic N) is 2. The van der Waals surface area contributed by atoms with Crippen molar-refractivity contribution >= 4 is 39.1 Å². The zero-order valence-electron chi connectivity index (χ0n) is 11.7. The van der Waals surface area contributed by atoms with Crippen LogP contribution in [0.4, 0.5) is 0 Å². The Balaban J connectivity index is 2.46. The summed E-state index contributed by atoms with van der Waals surface area (Å²) in [6.45, 7) is 0.286. The van der Waals surface area contributed by atoms with Gasteiger partial charge in [0.05, 0.1) is 10.0 Å². The largest absolute Gasteiger partial charge is 0.347 e. The van der Waals surface area contributed by atoms with E-state index in [1.165, 1.54) is 21.3 Å². The third-order valence-electron chi connectivity index (χ3n) is 3.42. The molecular formula is C13H16Cl2N2O3S. The van der Waals surface area contributed by atoms with Crippen molar-refractivity contribution in [2.45, 2.75) is 23.8 Å². The molecule has 0 bridgehead atoms. The van der Waals surface area contributed by atoms with Gasteiger partial charge in [0, 0.05) is 20.6 Å².